The van der Waals surface area contributed by atoms with Gasteiger partial charge >= 0.3 is 13.9 Å². The molecule has 284 valence electrons. The lowest BCUT2D eigenvalue weighted by Gasteiger charge is -2.40. The van der Waals surface area contributed by atoms with Gasteiger partial charge in [0.1, 0.15) is 48.5 Å². The molecule has 0 saturated carbocycles. The van der Waals surface area contributed by atoms with Crippen LogP contribution in [0, 0.1) is 0 Å². The smallest absolute Gasteiger partial charge is 0.408 e. The van der Waals surface area contributed by atoms with E-state index in [9.17, 15) is 19.4 Å². The number of nitrogen functional groups attached to an aromatic ring is 2. The first-order valence-electron chi connectivity index (χ1n) is 15.7. The van der Waals surface area contributed by atoms with Gasteiger partial charge in [-0.15, -0.1) is 4.52 Å². The number of halogens is 1. The number of anilines is 2. The molecule has 2 fully saturated rings. The van der Waals surface area contributed by atoms with Gasteiger partial charge in [-0.05, 0) is 34.5 Å². The molecule has 0 radical (unpaired) electrons. The number of aromatic nitrogens is 8. The molecule has 2 aliphatic heterocycles. The number of aliphatic hydroxyl groups is 1. The van der Waals surface area contributed by atoms with Crippen molar-refractivity contribution in [3.63, 3.8) is 0 Å². The summed E-state index contributed by atoms with van der Waals surface area (Å²) in [6, 6.07) is 0. The highest BCUT2D eigenvalue weighted by molar-refractivity contribution is 8.39. The second-order valence-electron chi connectivity index (χ2n) is 13.6. The molecule has 52 heavy (non-hydrogen) atoms. The third kappa shape index (κ3) is 7.54. The third-order valence-corrected chi connectivity index (χ3v) is 16.0. The Morgan fingerprint density at radius 2 is 1.73 bits per heavy atom. The Bertz CT molecular complexity index is 2090. The van der Waals surface area contributed by atoms with Gasteiger partial charge < -0.3 is 39.9 Å². The number of ether oxygens (including phenoxy) is 2. The van der Waals surface area contributed by atoms with Crippen molar-refractivity contribution in [2.24, 2.45) is 0 Å². The number of hydrogen-bond donors (Lipinski definition) is 6. The minimum Gasteiger partial charge on any atom is -0.408 e. The van der Waals surface area contributed by atoms with Gasteiger partial charge in [-0.1, -0.05) is 20.8 Å². The number of aliphatic hydroxyl groups excluding tert-OH is 1. The van der Waals surface area contributed by atoms with E-state index in [1.54, 1.807) is 0 Å². The van der Waals surface area contributed by atoms with Crippen LogP contribution in [0.3, 0.4) is 0 Å². The Labute approximate surface area is 307 Å². The Kier molecular flexibility index (Phi) is 11.0. The summed E-state index contributed by atoms with van der Waals surface area (Å²) in [6.45, 7) is 4.51. The van der Waals surface area contributed by atoms with E-state index in [0.717, 1.165) is 0 Å². The summed E-state index contributed by atoms with van der Waals surface area (Å²) in [5, 5.41) is 10.1. The molecule has 2 aliphatic rings. The van der Waals surface area contributed by atoms with Crippen molar-refractivity contribution in [1.82, 2.24) is 39.0 Å². The summed E-state index contributed by atoms with van der Waals surface area (Å²) in [7, 11) is -5.26. The first-order valence-corrected chi connectivity index (χ1v) is 23.5. The fourth-order valence-electron chi connectivity index (χ4n) is 5.67. The van der Waals surface area contributed by atoms with Crippen LogP contribution in [0.2, 0.25) is 18.1 Å². The van der Waals surface area contributed by atoms with Crippen LogP contribution >= 0.6 is 26.2 Å². The summed E-state index contributed by atoms with van der Waals surface area (Å²) in [4.78, 5) is 47.0. The zero-order valence-corrected chi connectivity index (χ0v) is 32.8. The number of H-pyrrole nitrogens is 1. The number of rotatable bonds is 12. The summed E-state index contributed by atoms with van der Waals surface area (Å²) < 4.78 is 66.7. The molecule has 4 aromatic rings. The fourth-order valence-corrected chi connectivity index (χ4v) is 9.19. The molecule has 20 nitrogen and oxygen atoms in total. The van der Waals surface area contributed by atoms with Crippen molar-refractivity contribution in [2.45, 2.75) is 88.1 Å². The predicted molar refractivity (Wildman–Crippen MR) is 193 cm³/mol. The number of alkyl halides is 1. The number of aromatic amines is 1. The summed E-state index contributed by atoms with van der Waals surface area (Å²) in [5.74, 6) is -0.136. The van der Waals surface area contributed by atoms with Crippen LogP contribution in [0.25, 0.3) is 22.3 Å². The molecule has 6 heterocycles. The predicted octanol–water partition coefficient (Wildman–Crippen LogP) is 2.23. The van der Waals surface area contributed by atoms with Crippen molar-refractivity contribution in [3.8, 4) is 0 Å². The van der Waals surface area contributed by atoms with Crippen molar-refractivity contribution >= 4 is 80.4 Å². The lowest BCUT2D eigenvalue weighted by molar-refractivity contribution is -0.0541. The molecule has 6 rings (SSSR count). The van der Waals surface area contributed by atoms with E-state index in [1.165, 1.54) is 28.1 Å². The van der Waals surface area contributed by atoms with Gasteiger partial charge in [0.05, 0.1) is 25.9 Å². The van der Waals surface area contributed by atoms with E-state index in [1.807, 2.05) is 33.9 Å². The van der Waals surface area contributed by atoms with E-state index in [2.05, 4.69) is 42.2 Å². The first-order chi connectivity index (χ1) is 24.3. The maximum absolute atomic E-state index is 16.0. The van der Waals surface area contributed by atoms with Crippen LogP contribution in [0.1, 0.15) is 33.2 Å². The van der Waals surface area contributed by atoms with Crippen LogP contribution in [0.5, 0.6) is 0 Å². The number of nitrogens with two attached hydrogens (primary N) is 2. The Morgan fingerprint density at radius 3 is 2.38 bits per heavy atom. The maximum Gasteiger partial charge on any atom is 0.582 e. The van der Waals surface area contributed by atoms with Crippen molar-refractivity contribution in [3.05, 3.63) is 29.3 Å². The van der Waals surface area contributed by atoms with Gasteiger partial charge in [0.2, 0.25) is 5.95 Å². The largest absolute Gasteiger partial charge is 0.582 e. The van der Waals surface area contributed by atoms with Crippen molar-refractivity contribution in [2.75, 3.05) is 24.7 Å². The zero-order chi connectivity index (χ0) is 37.9. The number of fused-ring (bicyclic) bond motifs is 2. The van der Waals surface area contributed by atoms with Gasteiger partial charge in [0.25, 0.3) is 5.56 Å². The summed E-state index contributed by atoms with van der Waals surface area (Å²) >= 11 is 9.24. The molecule has 2 saturated heterocycles. The lowest BCUT2D eigenvalue weighted by Crippen LogP contribution is -2.50. The van der Waals surface area contributed by atoms with E-state index in [4.69, 9.17) is 50.7 Å². The van der Waals surface area contributed by atoms with Crippen LogP contribution in [-0.2, 0) is 43.8 Å². The lowest BCUT2D eigenvalue weighted by atomic mass is 10.1. The number of imidazole rings is 2. The second-order valence-corrected chi connectivity index (χ2v) is 22.8. The SMILES string of the molecule is CC(C)(C)[Si](C)(C)OC1C(OP(O)(=S)OC[C@H]2O[C@@H](n3cnc4c(N)ncnc43)C(F)C2O[P+](=O)S)[C@H](n2cnc3c(=O)[nH]c(N)nc32)O[C@@H]1CO. The standard InChI is InChI=1S/C26H37FN10O10P2S2Si/c1-26(2,3)52(4,5)47-17-11(6-38)43-24(37-10-33-15-21(37)34-25(29)35-22(15)39)18(17)46-49(41,51)42-7-12-16(45-48(40)50)13(27)23(44-12)36-9-32-14-19(28)30-8-31-20(14)36/h8-13,16-18,23-24,38H,6-7H2,1-5H3,(H6-,28,29,30,31,34,35,39,40,41,50,51)/p+1/t11-,12-,13?,16?,17?,18?,23-,24-,49?/m1/s1. The molecule has 0 bridgehead atoms. The molecule has 0 aromatic carbocycles. The monoisotopic (exact) mass is 823 g/mol. The van der Waals surface area contributed by atoms with Crippen LogP contribution in [0.15, 0.2) is 23.8 Å². The average molecular weight is 824 g/mol. The number of hydrogen-bond acceptors (Lipinski definition) is 17. The molecule has 0 spiro atoms. The highest BCUT2D eigenvalue weighted by atomic mass is 32.7. The fraction of sp³-hybridized carbons (Fsp3) is 0.615. The summed E-state index contributed by atoms with van der Waals surface area (Å²) in [5.41, 5.74) is 11.4. The normalized spacial score (nSPS) is 28.5. The van der Waals surface area contributed by atoms with Crippen molar-refractivity contribution in [1.29, 1.82) is 0 Å². The molecule has 0 amide bonds. The van der Waals surface area contributed by atoms with Gasteiger partial charge in [-0.25, -0.2) is 24.3 Å². The number of nitrogens with one attached hydrogen (secondary N) is 1. The first kappa shape index (κ1) is 39.1. The van der Waals surface area contributed by atoms with E-state index < -0.39 is 90.2 Å². The molecule has 4 aromatic heterocycles. The Morgan fingerprint density at radius 1 is 1.08 bits per heavy atom. The van der Waals surface area contributed by atoms with Gasteiger partial charge in [0, 0.05) is 0 Å². The molecule has 6 unspecified atom stereocenters. The van der Waals surface area contributed by atoms with Crippen LogP contribution < -0.4 is 17.0 Å². The third-order valence-electron chi connectivity index (χ3n) is 9.22. The zero-order valence-electron chi connectivity index (χ0n) is 28.3. The van der Waals surface area contributed by atoms with Crippen molar-refractivity contribution < 1.29 is 46.4 Å². The highest BCUT2D eigenvalue weighted by Gasteiger charge is 2.55. The highest BCUT2D eigenvalue weighted by Crippen LogP contribution is 2.52. The van der Waals surface area contributed by atoms with E-state index in [-0.39, 0.29) is 39.1 Å². The van der Waals surface area contributed by atoms with E-state index >= 15 is 4.39 Å². The topological polar surface area (TPSA) is 272 Å². The minimum absolute atomic E-state index is 0.0240. The Balaban J connectivity index is 1.30. The molecule has 26 heteroatoms. The molecule has 10 atom stereocenters. The maximum atomic E-state index is 16.0. The van der Waals surface area contributed by atoms with Crippen LogP contribution in [-0.4, -0.2) is 107 Å². The summed E-state index contributed by atoms with van der Waals surface area (Å²) in [6.07, 6.45) is -7.02. The minimum atomic E-state index is -4.35. The quantitative estimate of drug-likeness (QED) is 0.0679. The second kappa shape index (κ2) is 14.6. The molecule has 7 N–H and O–H groups in total. The Hall–Kier alpha value is -2.57. The number of thiol groups is 1. The average Bonchev–Trinajstić information content (AvgIpc) is 3.81. The molecular formula is C26H38FN10O10P2S2Si+. The van der Waals surface area contributed by atoms with Gasteiger partial charge in [-0.3, -0.25) is 23.4 Å². The van der Waals surface area contributed by atoms with Gasteiger partial charge in [0.15, 0.2) is 55.7 Å². The van der Waals surface area contributed by atoms with E-state index in [0.29, 0.717) is 0 Å². The van der Waals surface area contributed by atoms with Crippen LogP contribution in [0.4, 0.5) is 16.2 Å². The molecule has 0 aliphatic carbocycles. The number of nitrogens with zero attached hydrogens (tertiary/aromatic N) is 7. The van der Waals surface area contributed by atoms with Gasteiger partial charge in [-0.2, -0.15) is 4.98 Å². The molecular weight excluding hydrogens is 786 g/mol.